The number of aromatic nitrogens is 2. The monoisotopic (exact) mass is 488 g/mol. The molecule has 32 heavy (non-hydrogen) atoms. The Bertz CT molecular complexity index is 1210. The minimum Gasteiger partial charge on any atom is -0.350 e. The lowest BCUT2D eigenvalue weighted by Crippen LogP contribution is -2.36. The molecule has 6 nitrogen and oxygen atoms in total. The molecule has 7 heteroatoms. The van der Waals surface area contributed by atoms with Crippen LogP contribution >= 0.6 is 15.9 Å². The topological polar surface area (TPSA) is 76.0 Å². The molecule has 2 N–H and O–H groups in total. The van der Waals surface area contributed by atoms with E-state index in [1.54, 1.807) is 28.9 Å². The molecule has 0 saturated heterocycles. The van der Waals surface area contributed by atoms with Crippen molar-refractivity contribution in [2.75, 3.05) is 6.54 Å². The van der Waals surface area contributed by atoms with E-state index in [0.717, 1.165) is 27.0 Å². The van der Waals surface area contributed by atoms with Gasteiger partial charge in [0.25, 0.3) is 5.91 Å². The molecular formula is C25H21BrN4O2. The van der Waals surface area contributed by atoms with Gasteiger partial charge in [0.2, 0.25) is 5.91 Å². The third-order valence-corrected chi connectivity index (χ3v) is 5.38. The Morgan fingerprint density at radius 2 is 1.50 bits per heavy atom. The number of rotatable bonds is 7. The largest absolute Gasteiger partial charge is 0.350 e. The number of nitrogens with zero attached hydrogens (tertiary/aromatic N) is 2. The van der Waals surface area contributed by atoms with Crippen molar-refractivity contribution >= 4 is 27.7 Å². The number of amides is 2. The van der Waals surface area contributed by atoms with Crippen molar-refractivity contribution in [3.05, 3.63) is 107 Å². The molecule has 0 radical (unpaired) electrons. The van der Waals surface area contributed by atoms with Crippen LogP contribution in [-0.4, -0.2) is 28.1 Å². The lowest BCUT2D eigenvalue weighted by molar-refractivity contribution is -0.120. The first-order chi connectivity index (χ1) is 15.6. The summed E-state index contributed by atoms with van der Waals surface area (Å²) in [6, 6.07) is 26.6. The Hall–Kier alpha value is -3.71. The SMILES string of the molecule is O=C(CNC(=O)c1ccc(Br)cc1)NCc1cn(-c2ccccc2)nc1-c1ccccc1. The van der Waals surface area contributed by atoms with Crippen LogP contribution < -0.4 is 10.6 Å². The molecule has 4 rings (SSSR count). The zero-order valence-electron chi connectivity index (χ0n) is 17.2. The van der Waals surface area contributed by atoms with E-state index in [4.69, 9.17) is 5.10 Å². The molecule has 1 aromatic heterocycles. The van der Waals surface area contributed by atoms with E-state index >= 15 is 0 Å². The lowest BCUT2D eigenvalue weighted by atomic mass is 10.1. The van der Waals surface area contributed by atoms with E-state index in [-0.39, 0.29) is 18.4 Å². The second kappa shape index (κ2) is 10.1. The molecule has 4 aromatic rings. The molecule has 0 spiro atoms. The van der Waals surface area contributed by atoms with Crippen molar-refractivity contribution in [3.63, 3.8) is 0 Å². The Morgan fingerprint density at radius 3 is 2.19 bits per heavy atom. The Balaban J connectivity index is 1.44. The van der Waals surface area contributed by atoms with E-state index < -0.39 is 0 Å². The first kappa shape index (κ1) is 21.5. The molecule has 0 aliphatic heterocycles. The van der Waals surface area contributed by atoms with Gasteiger partial charge in [0.05, 0.1) is 17.9 Å². The quantitative estimate of drug-likeness (QED) is 0.406. The number of hydrogen-bond donors (Lipinski definition) is 2. The Morgan fingerprint density at radius 1 is 0.844 bits per heavy atom. The molecule has 160 valence electrons. The standard InChI is InChI=1S/C25H21BrN4O2/c26-21-13-11-19(12-14-21)25(32)28-16-23(31)27-15-20-17-30(22-9-5-2-6-10-22)29-24(20)18-7-3-1-4-8-18/h1-14,17H,15-16H2,(H,27,31)(H,28,32). The first-order valence-corrected chi connectivity index (χ1v) is 10.9. The van der Waals surface area contributed by atoms with E-state index in [2.05, 4.69) is 26.6 Å². The van der Waals surface area contributed by atoms with Crippen LogP contribution in [0.2, 0.25) is 0 Å². The summed E-state index contributed by atoms with van der Waals surface area (Å²) >= 11 is 3.34. The fraction of sp³-hybridized carbons (Fsp3) is 0.0800. The summed E-state index contributed by atoms with van der Waals surface area (Å²) in [7, 11) is 0. The molecule has 0 aliphatic rings. The number of para-hydroxylation sites is 1. The van der Waals surface area contributed by atoms with Crippen LogP contribution in [0.5, 0.6) is 0 Å². The van der Waals surface area contributed by atoms with E-state index in [1.165, 1.54) is 0 Å². The first-order valence-electron chi connectivity index (χ1n) is 10.1. The van der Waals surface area contributed by atoms with Gasteiger partial charge in [-0.15, -0.1) is 0 Å². The van der Waals surface area contributed by atoms with Gasteiger partial charge in [0.15, 0.2) is 0 Å². The summed E-state index contributed by atoms with van der Waals surface area (Å²) < 4.78 is 2.69. The van der Waals surface area contributed by atoms with Gasteiger partial charge in [-0.05, 0) is 36.4 Å². The molecule has 3 aromatic carbocycles. The van der Waals surface area contributed by atoms with Gasteiger partial charge < -0.3 is 10.6 Å². The highest BCUT2D eigenvalue weighted by atomic mass is 79.9. The van der Waals surface area contributed by atoms with Crippen LogP contribution in [0.1, 0.15) is 15.9 Å². The van der Waals surface area contributed by atoms with Crippen LogP contribution in [0.25, 0.3) is 16.9 Å². The molecule has 1 heterocycles. The van der Waals surface area contributed by atoms with Gasteiger partial charge >= 0.3 is 0 Å². The van der Waals surface area contributed by atoms with Gasteiger partial charge in [-0.25, -0.2) is 4.68 Å². The number of carbonyl (C=O) groups is 2. The van der Waals surface area contributed by atoms with Crippen molar-refractivity contribution in [1.82, 2.24) is 20.4 Å². The van der Waals surface area contributed by atoms with Crippen molar-refractivity contribution in [3.8, 4) is 16.9 Å². The van der Waals surface area contributed by atoms with Crippen molar-refractivity contribution in [2.45, 2.75) is 6.54 Å². The van der Waals surface area contributed by atoms with E-state index in [0.29, 0.717) is 12.1 Å². The number of halogens is 1. The molecule has 0 unspecified atom stereocenters. The average molecular weight is 489 g/mol. The highest BCUT2D eigenvalue weighted by Gasteiger charge is 2.14. The Labute approximate surface area is 194 Å². The van der Waals surface area contributed by atoms with E-state index in [9.17, 15) is 9.59 Å². The van der Waals surface area contributed by atoms with Crippen LogP contribution in [0.3, 0.4) is 0 Å². The lowest BCUT2D eigenvalue weighted by Gasteiger charge is -2.07. The van der Waals surface area contributed by atoms with Crippen molar-refractivity contribution < 1.29 is 9.59 Å². The predicted octanol–water partition coefficient (Wildman–Crippen LogP) is 4.35. The summed E-state index contributed by atoms with van der Waals surface area (Å²) in [6.45, 7) is 0.187. The maximum atomic E-state index is 12.4. The van der Waals surface area contributed by atoms with Crippen LogP contribution in [0.4, 0.5) is 0 Å². The Kier molecular flexibility index (Phi) is 6.77. The molecule has 0 saturated carbocycles. The van der Waals surface area contributed by atoms with Crippen LogP contribution in [-0.2, 0) is 11.3 Å². The minimum atomic E-state index is -0.297. The van der Waals surface area contributed by atoms with E-state index in [1.807, 2.05) is 66.9 Å². The van der Waals surface area contributed by atoms with Gasteiger partial charge in [-0.3, -0.25) is 9.59 Å². The maximum absolute atomic E-state index is 12.4. The molecule has 0 fully saturated rings. The zero-order chi connectivity index (χ0) is 22.3. The molecule has 0 aliphatic carbocycles. The maximum Gasteiger partial charge on any atom is 0.251 e. The zero-order valence-corrected chi connectivity index (χ0v) is 18.7. The minimum absolute atomic E-state index is 0.109. The predicted molar refractivity (Wildman–Crippen MR) is 127 cm³/mol. The van der Waals surface area contributed by atoms with Crippen molar-refractivity contribution in [2.24, 2.45) is 0 Å². The summed E-state index contributed by atoms with van der Waals surface area (Å²) in [6.07, 6.45) is 1.92. The summed E-state index contributed by atoms with van der Waals surface area (Å²) in [5.41, 5.74) is 4.08. The van der Waals surface area contributed by atoms with Crippen molar-refractivity contribution in [1.29, 1.82) is 0 Å². The number of hydrogen-bond acceptors (Lipinski definition) is 3. The second-order valence-electron chi connectivity index (χ2n) is 7.12. The van der Waals surface area contributed by atoms with Gasteiger partial charge in [-0.1, -0.05) is 64.5 Å². The van der Waals surface area contributed by atoms with Gasteiger partial charge in [0.1, 0.15) is 0 Å². The number of carbonyl (C=O) groups excluding carboxylic acids is 2. The van der Waals surface area contributed by atoms with Crippen LogP contribution in [0, 0.1) is 0 Å². The summed E-state index contributed by atoms with van der Waals surface area (Å²) in [4.78, 5) is 24.6. The van der Waals surface area contributed by atoms with Gasteiger partial charge in [0, 0.05) is 33.9 Å². The fourth-order valence-corrected chi connectivity index (χ4v) is 3.48. The molecular weight excluding hydrogens is 468 g/mol. The molecule has 0 atom stereocenters. The summed E-state index contributed by atoms with van der Waals surface area (Å²) in [5, 5.41) is 10.3. The smallest absolute Gasteiger partial charge is 0.251 e. The van der Waals surface area contributed by atoms with Crippen LogP contribution in [0.15, 0.2) is 95.6 Å². The molecule has 0 bridgehead atoms. The normalized spacial score (nSPS) is 10.5. The fourth-order valence-electron chi connectivity index (χ4n) is 3.21. The number of nitrogens with one attached hydrogen (secondary N) is 2. The average Bonchev–Trinajstić information content (AvgIpc) is 3.27. The van der Waals surface area contributed by atoms with Gasteiger partial charge in [-0.2, -0.15) is 5.10 Å². The number of benzene rings is 3. The highest BCUT2D eigenvalue weighted by molar-refractivity contribution is 9.10. The highest BCUT2D eigenvalue weighted by Crippen LogP contribution is 2.23. The summed E-state index contributed by atoms with van der Waals surface area (Å²) in [5.74, 6) is -0.573. The second-order valence-corrected chi connectivity index (χ2v) is 8.03. The third-order valence-electron chi connectivity index (χ3n) is 4.85. The third kappa shape index (κ3) is 5.31. The molecule has 2 amide bonds.